The molecule has 3 nitrogen and oxygen atoms in total. The average Bonchev–Trinajstić information content (AvgIpc) is 2.65. The van der Waals surface area contributed by atoms with E-state index in [9.17, 15) is 13.2 Å². The molecule has 4 heteroatoms. The zero-order valence-electron chi connectivity index (χ0n) is 12.2. The van der Waals surface area contributed by atoms with E-state index in [0.29, 0.717) is 25.0 Å². The van der Waals surface area contributed by atoms with Gasteiger partial charge in [-0.15, -0.1) is 0 Å². The number of carbonyl (C=O) groups is 1. The maximum Gasteiger partial charge on any atom is 0.156 e. The largest absolute Gasteiger partial charge is 0.299 e. The van der Waals surface area contributed by atoms with Gasteiger partial charge in [0.05, 0.1) is 10.5 Å². The van der Waals surface area contributed by atoms with Gasteiger partial charge in [0.1, 0.15) is 5.78 Å². The third-order valence-electron chi connectivity index (χ3n) is 5.81. The molecule has 0 amide bonds. The lowest BCUT2D eigenvalue weighted by molar-refractivity contribution is -0.123. The summed E-state index contributed by atoms with van der Waals surface area (Å²) in [6.07, 6.45) is 11.1. The van der Waals surface area contributed by atoms with Crippen LogP contribution in [0, 0.1) is 11.8 Å². The van der Waals surface area contributed by atoms with Crippen molar-refractivity contribution < 1.29 is 13.2 Å². The lowest BCUT2D eigenvalue weighted by Gasteiger charge is -2.28. The number of rotatable bonds is 4. The molecule has 114 valence electrons. The fraction of sp³-hybridized carbons (Fsp3) is 0.938. The smallest absolute Gasteiger partial charge is 0.156 e. The van der Waals surface area contributed by atoms with Crippen molar-refractivity contribution in [1.29, 1.82) is 0 Å². The van der Waals surface area contributed by atoms with Gasteiger partial charge in [-0.05, 0) is 38.0 Å². The molecule has 2 aliphatic heterocycles. The molecule has 0 radical (unpaired) electrons. The summed E-state index contributed by atoms with van der Waals surface area (Å²) in [5.74, 6) is 1.14. The lowest BCUT2D eigenvalue weighted by Crippen LogP contribution is -2.36. The predicted molar refractivity (Wildman–Crippen MR) is 79.3 cm³/mol. The minimum Gasteiger partial charge on any atom is -0.299 e. The number of carbonyl (C=O) groups excluding carboxylic acids is 1. The van der Waals surface area contributed by atoms with Crippen molar-refractivity contribution in [1.82, 2.24) is 0 Å². The molecule has 20 heavy (non-hydrogen) atoms. The Bertz CT molecular complexity index is 442. The summed E-state index contributed by atoms with van der Waals surface area (Å²) in [5, 5.41) is -0.408. The van der Waals surface area contributed by atoms with Crippen LogP contribution < -0.4 is 0 Å². The third-order valence-corrected chi connectivity index (χ3v) is 8.53. The van der Waals surface area contributed by atoms with Crippen molar-refractivity contribution in [2.75, 3.05) is 0 Å². The summed E-state index contributed by atoms with van der Waals surface area (Å²) >= 11 is 0. The van der Waals surface area contributed by atoms with Crippen LogP contribution in [0.3, 0.4) is 0 Å². The number of Topliss-reactive ketones (excluding diaryl/α,β-unsaturated/α-hetero) is 1. The Labute approximate surface area is 122 Å². The molecule has 1 saturated carbocycles. The van der Waals surface area contributed by atoms with E-state index in [1.54, 1.807) is 0 Å². The molecule has 2 heterocycles. The molecule has 1 aliphatic carbocycles. The van der Waals surface area contributed by atoms with Gasteiger partial charge in [0, 0.05) is 12.3 Å². The first-order valence-electron chi connectivity index (χ1n) is 8.33. The van der Waals surface area contributed by atoms with Gasteiger partial charge >= 0.3 is 0 Å². The van der Waals surface area contributed by atoms with Crippen LogP contribution in [0.15, 0.2) is 0 Å². The van der Waals surface area contributed by atoms with Crippen LogP contribution in [0.2, 0.25) is 0 Å². The van der Waals surface area contributed by atoms with E-state index in [2.05, 4.69) is 0 Å². The van der Waals surface area contributed by atoms with Gasteiger partial charge in [-0.3, -0.25) is 4.79 Å². The first-order valence-corrected chi connectivity index (χ1v) is 9.93. The summed E-state index contributed by atoms with van der Waals surface area (Å²) in [4.78, 5) is 12.4. The van der Waals surface area contributed by atoms with Crippen molar-refractivity contribution >= 4 is 15.6 Å². The maximum absolute atomic E-state index is 12.4. The van der Waals surface area contributed by atoms with E-state index in [1.807, 2.05) is 0 Å². The highest BCUT2D eigenvalue weighted by Gasteiger charge is 2.48. The van der Waals surface area contributed by atoms with E-state index in [0.717, 1.165) is 25.2 Å². The molecule has 0 aromatic rings. The van der Waals surface area contributed by atoms with Crippen molar-refractivity contribution in [3.63, 3.8) is 0 Å². The molecular formula is C16H26O3S. The SMILES string of the molecule is O=C(CCC1CCCCC1)C1CC2CCC(C1)S2(=O)=O. The Morgan fingerprint density at radius 1 is 0.900 bits per heavy atom. The summed E-state index contributed by atoms with van der Waals surface area (Å²) in [5.41, 5.74) is 0. The van der Waals surface area contributed by atoms with Gasteiger partial charge in [0.25, 0.3) is 0 Å². The average molecular weight is 298 g/mol. The monoisotopic (exact) mass is 298 g/mol. The molecule has 3 aliphatic rings. The second-order valence-corrected chi connectivity index (χ2v) is 9.60. The number of hydrogen-bond donors (Lipinski definition) is 0. The number of hydrogen-bond acceptors (Lipinski definition) is 3. The van der Waals surface area contributed by atoms with Gasteiger partial charge in [0.2, 0.25) is 0 Å². The van der Waals surface area contributed by atoms with E-state index < -0.39 is 9.84 Å². The van der Waals surface area contributed by atoms with Crippen LogP contribution in [0.25, 0.3) is 0 Å². The minimum atomic E-state index is -2.88. The number of fused-ring (bicyclic) bond motifs is 2. The molecule has 2 unspecified atom stereocenters. The van der Waals surface area contributed by atoms with Crippen molar-refractivity contribution in [3.8, 4) is 0 Å². The molecule has 0 aromatic carbocycles. The molecule has 2 atom stereocenters. The second kappa shape index (κ2) is 5.78. The topological polar surface area (TPSA) is 51.2 Å². The molecule has 3 rings (SSSR count). The zero-order valence-corrected chi connectivity index (χ0v) is 13.0. The number of ketones is 1. The highest BCUT2D eigenvalue weighted by atomic mass is 32.2. The molecule has 2 bridgehead atoms. The van der Waals surface area contributed by atoms with Gasteiger partial charge in [0.15, 0.2) is 9.84 Å². The first kappa shape index (κ1) is 14.6. The Kier molecular flexibility index (Phi) is 4.21. The maximum atomic E-state index is 12.4. The predicted octanol–water partition coefficient (Wildman–Crippen LogP) is 3.27. The van der Waals surface area contributed by atoms with Gasteiger partial charge in [-0.2, -0.15) is 0 Å². The molecule has 3 fully saturated rings. The normalized spacial score (nSPS) is 36.9. The Morgan fingerprint density at radius 3 is 2.10 bits per heavy atom. The highest BCUT2D eigenvalue weighted by molar-refractivity contribution is 7.93. The van der Waals surface area contributed by atoms with Gasteiger partial charge in [-0.1, -0.05) is 32.1 Å². The lowest BCUT2D eigenvalue weighted by atomic mass is 9.83. The van der Waals surface area contributed by atoms with Crippen LogP contribution in [0.5, 0.6) is 0 Å². The van der Waals surface area contributed by atoms with Crippen LogP contribution in [0.1, 0.15) is 70.6 Å². The summed E-state index contributed by atoms with van der Waals surface area (Å²) < 4.78 is 24.1. The quantitative estimate of drug-likeness (QED) is 0.800. The summed E-state index contributed by atoms with van der Waals surface area (Å²) in [6, 6.07) is 0. The molecule has 0 aromatic heterocycles. The standard InChI is InChI=1S/C16H26O3S/c17-16(9-6-12-4-2-1-3-5-12)13-10-14-7-8-15(11-13)20(14,18)19/h12-15H,1-11H2. The zero-order chi connectivity index (χ0) is 14.2. The van der Waals surface area contributed by atoms with Crippen LogP contribution in [-0.4, -0.2) is 24.7 Å². The van der Waals surface area contributed by atoms with E-state index >= 15 is 0 Å². The number of sulfone groups is 1. The van der Waals surface area contributed by atoms with Gasteiger partial charge in [-0.25, -0.2) is 8.42 Å². The summed E-state index contributed by atoms with van der Waals surface area (Å²) in [6.45, 7) is 0. The summed E-state index contributed by atoms with van der Waals surface area (Å²) in [7, 11) is -2.88. The van der Waals surface area contributed by atoms with Gasteiger partial charge < -0.3 is 0 Å². The molecular weight excluding hydrogens is 272 g/mol. The molecule has 0 N–H and O–H groups in total. The fourth-order valence-corrected chi connectivity index (χ4v) is 6.97. The van der Waals surface area contributed by atoms with Crippen LogP contribution >= 0.6 is 0 Å². The molecule has 2 saturated heterocycles. The minimum absolute atomic E-state index is 0.0413. The molecule has 0 spiro atoms. The first-order chi connectivity index (χ1) is 9.57. The fourth-order valence-electron chi connectivity index (χ4n) is 4.50. The Morgan fingerprint density at radius 2 is 1.50 bits per heavy atom. The van der Waals surface area contributed by atoms with Crippen molar-refractivity contribution in [2.45, 2.75) is 81.1 Å². The Hall–Kier alpha value is -0.380. The Balaban J connectivity index is 1.51. The van der Waals surface area contributed by atoms with Crippen LogP contribution in [0.4, 0.5) is 0 Å². The van der Waals surface area contributed by atoms with Crippen molar-refractivity contribution in [3.05, 3.63) is 0 Å². The highest BCUT2D eigenvalue weighted by Crippen LogP contribution is 2.42. The van der Waals surface area contributed by atoms with Crippen molar-refractivity contribution in [2.24, 2.45) is 11.8 Å². The van der Waals surface area contributed by atoms with E-state index in [-0.39, 0.29) is 16.4 Å². The van der Waals surface area contributed by atoms with Crippen LogP contribution in [-0.2, 0) is 14.6 Å². The second-order valence-electron chi connectivity index (χ2n) is 7.09. The van der Waals surface area contributed by atoms with E-state index in [4.69, 9.17) is 0 Å². The third kappa shape index (κ3) is 2.81. The van der Waals surface area contributed by atoms with E-state index in [1.165, 1.54) is 32.1 Å².